The zero-order valence-electron chi connectivity index (χ0n) is 18.8. The second-order valence-electron chi connectivity index (χ2n) is 9.25. The first kappa shape index (κ1) is 20.9. The first-order chi connectivity index (χ1) is 15.3. The summed E-state index contributed by atoms with van der Waals surface area (Å²) in [5, 5.41) is 7.50. The lowest BCUT2D eigenvalue weighted by atomic mass is 9.89. The Morgan fingerprint density at radius 2 is 2.06 bits per heavy atom. The van der Waals surface area contributed by atoms with Gasteiger partial charge in [-0.25, -0.2) is 0 Å². The van der Waals surface area contributed by atoms with Gasteiger partial charge in [0.1, 0.15) is 0 Å². The van der Waals surface area contributed by atoms with Crippen LogP contribution in [0.1, 0.15) is 60.3 Å². The van der Waals surface area contributed by atoms with Crippen LogP contribution in [0.25, 0.3) is 0 Å². The molecular weight excluding hydrogens is 384 g/mol. The Morgan fingerprint density at radius 1 is 1.16 bits per heavy atom. The molecule has 1 aromatic heterocycles. The van der Waals surface area contributed by atoms with Crippen molar-refractivity contribution in [2.45, 2.75) is 64.1 Å². The van der Waals surface area contributed by atoms with Crippen LogP contribution in [-0.2, 0) is 30.5 Å². The number of hydrogen-bond donors (Lipinski definition) is 2. The first-order valence-electron chi connectivity index (χ1n) is 12.2. The van der Waals surface area contributed by atoms with Crippen molar-refractivity contribution in [3.63, 3.8) is 0 Å². The van der Waals surface area contributed by atoms with Crippen molar-refractivity contribution in [3.8, 4) is 0 Å². The van der Waals surface area contributed by atoms with Crippen molar-refractivity contribution < 1.29 is 4.74 Å². The second kappa shape index (κ2) is 9.68. The minimum atomic E-state index is 0.427. The Hall–Kier alpha value is -1.95. The molecule has 1 aliphatic carbocycles. The van der Waals surface area contributed by atoms with Crippen molar-refractivity contribution in [2.24, 2.45) is 0 Å². The molecule has 2 N–H and O–H groups in total. The number of benzene rings is 1. The molecule has 31 heavy (non-hydrogen) atoms. The van der Waals surface area contributed by atoms with Crippen LogP contribution in [0.15, 0.2) is 30.3 Å². The summed E-state index contributed by atoms with van der Waals surface area (Å²) >= 11 is 0. The molecule has 5 heteroatoms. The second-order valence-corrected chi connectivity index (χ2v) is 9.25. The fourth-order valence-corrected chi connectivity index (χ4v) is 5.42. The molecule has 2 atom stereocenters. The number of ether oxygens (including phenoxy) is 1. The summed E-state index contributed by atoms with van der Waals surface area (Å²) in [7, 11) is 0. The van der Waals surface area contributed by atoms with E-state index in [1.165, 1.54) is 59.4 Å². The SMILES string of the molecule is CCCNC1CCCc2ccc(C[C@H]3Cc4c(cccc4N4CCOCC4)CN3)nc21. The monoisotopic (exact) mass is 420 g/mol. The van der Waals surface area contributed by atoms with E-state index in [0.717, 1.165) is 52.2 Å². The van der Waals surface area contributed by atoms with Gasteiger partial charge in [-0.1, -0.05) is 25.1 Å². The van der Waals surface area contributed by atoms with E-state index in [2.05, 4.69) is 52.8 Å². The largest absolute Gasteiger partial charge is 0.378 e. The normalized spacial score (nSPS) is 23.3. The van der Waals surface area contributed by atoms with Crippen LogP contribution in [0.4, 0.5) is 5.69 Å². The van der Waals surface area contributed by atoms with Crippen LogP contribution in [-0.4, -0.2) is 43.9 Å². The van der Waals surface area contributed by atoms with Crippen LogP contribution in [0.3, 0.4) is 0 Å². The first-order valence-corrected chi connectivity index (χ1v) is 12.2. The van der Waals surface area contributed by atoms with E-state index in [1.807, 2.05) is 0 Å². The Balaban J connectivity index is 1.32. The third-order valence-electron chi connectivity index (χ3n) is 7.07. The summed E-state index contributed by atoms with van der Waals surface area (Å²) in [5.74, 6) is 0. The molecule has 166 valence electrons. The highest BCUT2D eigenvalue weighted by atomic mass is 16.5. The maximum absolute atomic E-state index is 5.58. The molecule has 2 aromatic rings. The number of fused-ring (bicyclic) bond motifs is 2. The van der Waals surface area contributed by atoms with E-state index in [0.29, 0.717) is 12.1 Å². The minimum Gasteiger partial charge on any atom is -0.378 e. The lowest BCUT2D eigenvalue weighted by Gasteiger charge is -2.34. The molecule has 0 spiro atoms. The summed E-state index contributed by atoms with van der Waals surface area (Å²) in [6.45, 7) is 7.90. The van der Waals surface area contributed by atoms with Crippen molar-refractivity contribution in [2.75, 3.05) is 37.7 Å². The Kier molecular flexibility index (Phi) is 6.53. The van der Waals surface area contributed by atoms with Gasteiger partial charge in [0.2, 0.25) is 0 Å². The molecule has 0 amide bonds. The maximum atomic E-state index is 5.58. The average molecular weight is 421 g/mol. The molecule has 0 bridgehead atoms. The van der Waals surface area contributed by atoms with Crippen molar-refractivity contribution >= 4 is 5.69 Å². The van der Waals surface area contributed by atoms with Crippen LogP contribution >= 0.6 is 0 Å². The lowest BCUT2D eigenvalue weighted by Crippen LogP contribution is -2.41. The summed E-state index contributed by atoms with van der Waals surface area (Å²) in [4.78, 5) is 7.69. The quantitative estimate of drug-likeness (QED) is 0.749. The summed E-state index contributed by atoms with van der Waals surface area (Å²) in [6.07, 6.45) is 6.87. The van der Waals surface area contributed by atoms with Gasteiger partial charge in [-0.3, -0.25) is 4.98 Å². The molecule has 2 aliphatic heterocycles. The molecule has 3 heterocycles. The highest BCUT2D eigenvalue weighted by molar-refractivity contribution is 5.58. The van der Waals surface area contributed by atoms with Gasteiger partial charge in [0, 0.05) is 49.5 Å². The number of pyridine rings is 1. The van der Waals surface area contributed by atoms with E-state index in [9.17, 15) is 0 Å². The van der Waals surface area contributed by atoms with Crippen molar-refractivity contribution in [3.05, 3.63) is 58.4 Å². The minimum absolute atomic E-state index is 0.427. The Bertz CT molecular complexity index is 893. The number of nitrogens with one attached hydrogen (secondary N) is 2. The highest BCUT2D eigenvalue weighted by Crippen LogP contribution is 2.31. The van der Waals surface area contributed by atoms with Gasteiger partial charge in [0.15, 0.2) is 0 Å². The fraction of sp³-hybridized carbons (Fsp3) is 0.577. The zero-order chi connectivity index (χ0) is 21.0. The van der Waals surface area contributed by atoms with Crippen molar-refractivity contribution in [1.29, 1.82) is 0 Å². The number of nitrogens with zero attached hydrogens (tertiary/aromatic N) is 2. The molecule has 5 rings (SSSR count). The number of rotatable bonds is 6. The van der Waals surface area contributed by atoms with E-state index < -0.39 is 0 Å². The molecule has 5 nitrogen and oxygen atoms in total. The van der Waals surface area contributed by atoms with E-state index in [4.69, 9.17) is 9.72 Å². The molecule has 0 saturated carbocycles. The molecular formula is C26H36N4O. The number of aromatic nitrogens is 1. The van der Waals surface area contributed by atoms with E-state index >= 15 is 0 Å². The number of aryl methyl sites for hydroxylation is 1. The van der Waals surface area contributed by atoms with Gasteiger partial charge < -0.3 is 20.3 Å². The molecule has 1 saturated heterocycles. The van der Waals surface area contributed by atoms with Crippen LogP contribution in [0, 0.1) is 0 Å². The summed E-state index contributed by atoms with van der Waals surface area (Å²) in [5.41, 5.74) is 8.36. The predicted molar refractivity (Wildman–Crippen MR) is 126 cm³/mol. The summed E-state index contributed by atoms with van der Waals surface area (Å²) < 4.78 is 5.58. The highest BCUT2D eigenvalue weighted by Gasteiger charge is 2.26. The fourth-order valence-electron chi connectivity index (χ4n) is 5.42. The number of morpholine rings is 1. The van der Waals surface area contributed by atoms with E-state index in [1.54, 1.807) is 0 Å². The lowest BCUT2D eigenvalue weighted by molar-refractivity contribution is 0.122. The molecule has 3 aliphatic rings. The van der Waals surface area contributed by atoms with Gasteiger partial charge in [-0.15, -0.1) is 0 Å². The van der Waals surface area contributed by atoms with E-state index in [-0.39, 0.29) is 0 Å². The number of anilines is 1. The number of hydrogen-bond acceptors (Lipinski definition) is 5. The van der Waals surface area contributed by atoms with Gasteiger partial charge >= 0.3 is 0 Å². The third-order valence-corrected chi connectivity index (χ3v) is 7.07. The van der Waals surface area contributed by atoms with Gasteiger partial charge in [0.05, 0.1) is 18.9 Å². The summed E-state index contributed by atoms with van der Waals surface area (Å²) in [6, 6.07) is 12.3. The van der Waals surface area contributed by atoms with Gasteiger partial charge in [-0.2, -0.15) is 0 Å². The van der Waals surface area contributed by atoms with Gasteiger partial charge in [0.25, 0.3) is 0 Å². The molecule has 0 radical (unpaired) electrons. The molecule has 1 aromatic carbocycles. The topological polar surface area (TPSA) is 49.4 Å². The third kappa shape index (κ3) is 4.64. The van der Waals surface area contributed by atoms with Crippen LogP contribution in [0.2, 0.25) is 0 Å². The Morgan fingerprint density at radius 3 is 2.94 bits per heavy atom. The molecule has 1 unspecified atom stereocenters. The zero-order valence-corrected chi connectivity index (χ0v) is 18.8. The standard InChI is InChI=1S/C26H36N4O/c1-2-11-27-24-7-3-5-19-9-10-21(29-26(19)24)16-22-17-23-20(18-28-22)6-4-8-25(23)30-12-14-31-15-13-30/h4,6,8-10,22,24,27-28H,2-3,5,7,11-18H2,1H3/t22-,24?/m0/s1. The van der Waals surface area contributed by atoms with Crippen molar-refractivity contribution in [1.82, 2.24) is 15.6 Å². The smallest absolute Gasteiger partial charge is 0.0642 e. The van der Waals surface area contributed by atoms with Crippen LogP contribution in [0.5, 0.6) is 0 Å². The Labute approximate surface area is 186 Å². The van der Waals surface area contributed by atoms with Gasteiger partial charge in [-0.05, 0) is 67.5 Å². The maximum Gasteiger partial charge on any atom is 0.0642 e. The average Bonchev–Trinajstić information content (AvgIpc) is 2.83. The predicted octanol–water partition coefficient (Wildman–Crippen LogP) is 3.55. The molecule has 1 fully saturated rings. The van der Waals surface area contributed by atoms with Crippen LogP contribution < -0.4 is 15.5 Å².